The van der Waals surface area contributed by atoms with E-state index in [4.69, 9.17) is 0 Å². The van der Waals surface area contributed by atoms with Crippen LogP contribution in [0.3, 0.4) is 0 Å². The van der Waals surface area contributed by atoms with Gasteiger partial charge in [0.15, 0.2) is 0 Å². The second-order valence-corrected chi connectivity index (χ2v) is 5.42. The molecule has 2 rings (SSSR count). The number of halogens is 2. The standard InChI is InChI=1S/C14H18F2N6O3/c1-4-20-10(5-6-17-20)7-19(3)11(23)8-21-9(2)13(22(24)25)12(18-21)14(15)16/h5-6,14H,4,7-8H2,1-3H3. The van der Waals surface area contributed by atoms with E-state index >= 15 is 0 Å². The van der Waals surface area contributed by atoms with Crippen LogP contribution in [0.25, 0.3) is 0 Å². The predicted octanol–water partition coefficient (Wildman–Crippen LogP) is 1.91. The fourth-order valence-corrected chi connectivity index (χ4v) is 2.45. The van der Waals surface area contributed by atoms with Crippen LogP contribution in [0.5, 0.6) is 0 Å². The van der Waals surface area contributed by atoms with Gasteiger partial charge in [-0.15, -0.1) is 0 Å². The highest BCUT2D eigenvalue weighted by Gasteiger charge is 2.31. The molecule has 136 valence electrons. The fourth-order valence-electron chi connectivity index (χ4n) is 2.45. The molecule has 2 aromatic rings. The van der Waals surface area contributed by atoms with Gasteiger partial charge in [0.25, 0.3) is 6.43 Å². The molecule has 2 heterocycles. The van der Waals surface area contributed by atoms with Crippen LogP contribution in [-0.2, 0) is 24.4 Å². The molecule has 0 spiro atoms. The zero-order chi connectivity index (χ0) is 18.7. The first-order chi connectivity index (χ1) is 11.8. The Kier molecular flexibility index (Phi) is 5.45. The molecular weight excluding hydrogens is 338 g/mol. The maximum Gasteiger partial charge on any atom is 0.319 e. The highest BCUT2D eigenvalue weighted by molar-refractivity contribution is 5.75. The molecule has 0 fully saturated rings. The summed E-state index contributed by atoms with van der Waals surface area (Å²) in [7, 11) is 1.55. The van der Waals surface area contributed by atoms with Crippen molar-refractivity contribution in [2.24, 2.45) is 0 Å². The van der Waals surface area contributed by atoms with Crippen molar-refractivity contribution in [1.82, 2.24) is 24.5 Å². The Balaban J connectivity index is 2.17. The van der Waals surface area contributed by atoms with Crippen LogP contribution in [-0.4, -0.2) is 42.3 Å². The number of hydrogen-bond acceptors (Lipinski definition) is 5. The molecule has 0 radical (unpaired) electrons. The number of hydrogen-bond donors (Lipinski definition) is 0. The topological polar surface area (TPSA) is 99.1 Å². The maximum absolute atomic E-state index is 12.9. The van der Waals surface area contributed by atoms with Crippen LogP contribution in [0.1, 0.15) is 30.4 Å². The van der Waals surface area contributed by atoms with E-state index in [1.54, 1.807) is 24.0 Å². The van der Waals surface area contributed by atoms with Crippen molar-refractivity contribution in [3.05, 3.63) is 39.5 Å². The van der Waals surface area contributed by atoms with Crippen molar-refractivity contribution < 1.29 is 18.5 Å². The number of amides is 1. The SMILES string of the molecule is CCn1nccc1CN(C)C(=O)Cn1nc(C(F)F)c([N+](=O)[O-])c1C. The number of nitrogens with zero attached hydrogens (tertiary/aromatic N) is 6. The molecule has 0 aliphatic rings. The lowest BCUT2D eigenvalue weighted by molar-refractivity contribution is -0.386. The summed E-state index contributed by atoms with van der Waals surface area (Å²) in [6.07, 6.45) is -1.47. The van der Waals surface area contributed by atoms with Crippen molar-refractivity contribution in [2.75, 3.05) is 7.05 Å². The van der Waals surface area contributed by atoms with E-state index in [-0.39, 0.29) is 18.8 Å². The van der Waals surface area contributed by atoms with E-state index in [0.717, 1.165) is 10.4 Å². The van der Waals surface area contributed by atoms with Crippen molar-refractivity contribution in [3.8, 4) is 0 Å². The lowest BCUT2D eigenvalue weighted by atomic mass is 10.3. The van der Waals surface area contributed by atoms with Gasteiger partial charge in [0.05, 0.1) is 17.2 Å². The van der Waals surface area contributed by atoms with Gasteiger partial charge in [-0.25, -0.2) is 8.78 Å². The molecule has 0 saturated heterocycles. The van der Waals surface area contributed by atoms with Crippen LogP contribution in [0.2, 0.25) is 0 Å². The molecule has 0 N–H and O–H groups in total. The number of carbonyl (C=O) groups is 1. The third kappa shape index (κ3) is 3.80. The maximum atomic E-state index is 12.9. The summed E-state index contributed by atoms with van der Waals surface area (Å²) in [6, 6.07) is 1.77. The molecule has 0 atom stereocenters. The average Bonchev–Trinajstić information content (AvgIpc) is 3.11. The van der Waals surface area contributed by atoms with Crippen LogP contribution in [0, 0.1) is 17.0 Å². The number of nitro groups is 1. The first-order valence-electron chi connectivity index (χ1n) is 7.50. The summed E-state index contributed by atoms with van der Waals surface area (Å²) in [4.78, 5) is 23.8. The van der Waals surface area contributed by atoms with E-state index in [2.05, 4.69) is 10.2 Å². The predicted molar refractivity (Wildman–Crippen MR) is 83.0 cm³/mol. The van der Waals surface area contributed by atoms with Crippen molar-refractivity contribution in [2.45, 2.75) is 39.9 Å². The second-order valence-electron chi connectivity index (χ2n) is 5.42. The Morgan fingerprint density at radius 2 is 2.12 bits per heavy atom. The molecule has 0 unspecified atom stereocenters. The molecule has 2 aromatic heterocycles. The minimum absolute atomic E-state index is 0.0827. The number of carbonyl (C=O) groups excluding carboxylic acids is 1. The van der Waals surface area contributed by atoms with Crippen molar-refractivity contribution in [3.63, 3.8) is 0 Å². The highest BCUT2D eigenvalue weighted by Crippen LogP contribution is 2.30. The fraction of sp³-hybridized carbons (Fsp3) is 0.500. The highest BCUT2D eigenvalue weighted by atomic mass is 19.3. The average molecular weight is 356 g/mol. The minimum atomic E-state index is -3.09. The zero-order valence-electron chi connectivity index (χ0n) is 14.0. The summed E-state index contributed by atoms with van der Waals surface area (Å²) in [5.74, 6) is -0.412. The van der Waals surface area contributed by atoms with Crippen LogP contribution in [0.15, 0.2) is 12.3 Å². The largest absolute Gasteiger partial charge is 0.338 e. The van der Waals surface area contributed by atoms with E-state index < -0.39 is 28.6 Å². The van der Waals surface area contributed by atoms with Gasteiger partial charge in [-0.05, 0) is 19.9 Å². The van der Waals surface area contributed by atoms with Gasteiger partial charge in [0.2, 0.25) is 11.6 Å². The molecule has 0 saturated carbocycles. The molecule has 25 heavy (non-hydrogen) atoms. The molecule has 0 aliphatic heterocycles. The summed E-state index contributed by atoms with van der Waals surface area (Å²) < 4.78 is 28.5. The Bertz CT molecular complexity index is 786. The molecule has 1 amide bonds. The molecular formula is C14H18F2N6O3. The van der Waals surface area contributed by atoms with Crippen LogP contribution < -0.4 is 0 Å². The van der Waals surface area contributed by atoms with Gasteiger partial charge in [-0.2, -0.15) is 10.2 Å². The number of rotatable bonds is 7. The Labute approximate surface area is 142 Å². The molecule has 0 aliphatic carbocycles. The van der Waals surface area contributed by atoms with E-state index in [1.807, 2.05) is 6.92 Å². The third-order valence-corrected chi connectivity index (χ3v) is 3.80. The number of likely N-dealkylation sites (N-methyl/N-ethyl adjacent to an activating group) is 1. The van der Waals surface area contributed by atoms with Gasteiger partial charge in [0, 0.05) is 19.8 Å². The van der Waals surface area contributed by atoms with Crippen molar-refractivity contribution in [1.29, 1.82) is 0 Å². The molecule has 0 aromatic carbocycles. The van der Waals surface area contributed by atoms with Crippen LogP contribution >= 0.6 is 0 Å². The molecule has 0 bridgehead atoms. The minimum Gasteiger partial charge on any atom is -0.338 e. The smallest absolute Gasteiger partial charge is 0.319 e. The molecule has 11 heteroatoms. The Hall–Kier alpha value is -2.85. The van der Waals surface area contributed by atoms with Gasteiger partial charge in [0.1, 0.15) is 12.2 Å². The first kappa shape index (κ1) is 18.5. The Morgan fingerprint density at radius 3 is 2.64 bits per heavy atom. The lowest BCUT2D eigenvalue weighted by Crippen LogP contribution is -2.31. The van der Waals surface area contributed by atoms with Crippen molar-refractivity contribution >= 4 is 11.6 Å². The summed E-state index contributed by atoms with van der Waals surface area (Å²) >= 11 is 0. The monoisotopic (exact) mass is 356 g/mol. The molecule has 9 nitrogen and oxygen atoms in total. The summed E-state index contributed by atoms with van der Waals surface area (Å²) in [5.41, 5.74) is -0.952. The summed E-state index contributed by atoms with van der Waals surface area (Å²) in [6.45, 7) is 3.76. The van der Waals surface area contributed by atoms with E-state index in [1.165, 1.54) is 11.8 Å². The number of aryl methyl sites for hydroxylation is 1. The third-order valence-electron chi connectivity index (χ3n) is 3.80. The van der Waals surface area contributed by atoms with Gasteiger partial charge in [-0.3, -0.25) is 24.3 Å². The van der Waals surface area contributed by atoms with Gasteiger partial charge in [-0.1, -0.05) is 0 Å². The van der Waals surface area contributed by atoms with E-state index in [0.29, 0.717) is 6.54 Å². The zero-order valence-corrected chi connectivity index (χ0v) is 14.0. The normalized spacial score (nSPS) is 11.1. The Morgan fingerprint density at radius 1 is 1.44 bits per heavy atom. The number of alkyl halides is 2. The quantitative estimate of drug-likeness (QED) is 0.557. The number of aromatic nitrogens is 4. The van der Waals surface area contributed by atoms with E-state index in [9.17, 15) is 23.7 Å². The lowest BCUT2D eigenvalue weighted by Gasteiger charge is -2.18. The second kappa shape index (κ2) is 7.36. The first-order valence-corrected chi connectivity index (χ1v) is 7.50. The van der Waals surface area contributed by atoms with Crippen LogP contribution in [0.4, 0.5) is 14.5 Å². The van der Waals surface area contributed by atoms with Gasteiger partial charge < -0.3 is 4.90 Å². The van der Waals surface area contributed by atoms with Gasteiger partial charge >= 0.3 is 5.69 Å². The summed E-state index contributed by atoms with van der Waals surface area (Å²) in [5, 5.41) is 18.6.